The Kier molecular flexibility index (Phi) is 6.44. The minimum absolute atomic E-state index is 0.0123. The predicted octanol–water partition coefficient (Wildman–Crippen LogP) is 2.27. The molecule has 128 valence electrons. The molecule has 2 rings (SSSR count). The first kappa shape index (κ1) is 17.9. The Labute approximate surface area is 138 Å². The maximum atomic E-state index is 12.5. The van der Waals surface area contributed by atoms with E-state index in [1.807, 2.05) is 18.7 Å². The van der Waals surface area contributed by atoms with Gasteiger partial charge in [-0.1, -0.05) is 13.3 Å². The second kappa shape index (κ2) is 7.90. The first-order chi connectivity index (χ1) is 10.4. The molecule has 0 aromatic carbocycles. The Hall–Kier alpha value is -0.430. The minimum atomic E-state index is -2.99. The lowest BCUT2D eigenvalue weighted by atomic mass is 9.95. The lowest BCUT2D eigenvalue weighted by molar-refractivity contribution is 0.176. The molecule has 22 heavy (non-hydrogen) atoms. The zero-order valence-corrected chi connectivity index (χ0v) is 15.2. The van der Waals surface area contributed by atoms with E-state index in [0.29, 0.717) is 18.2 Å². The molecule has 5 nitrogen and oxygen atoms in total. The van der Waals surface area contributed by atoms with Gasteiger partial charge in [-0.25, -0.2) is 13.2 Å². The van der Waals surface area contributed by atoms with Crippen LogP contribution in [0.15, 0.2) is 0 Å². The number of nitrogens with one attached hydrogen (secondary N) is 1. The van der Waals surface area contributed by atoms with E-state index in [1.165, 1.54) is 6.42 Å². The van der Waals surface area contributed by atoms with Gasteiger partial charge < -0.3 is 10.2 Å². The van der Waals surface area contributed by atoms with Gasteiger partial charge in [0, 0.05) is 23.9 Å². The number of sulfone groups is 1. The summed E-state index contributed by atoms with van der Waals surface area (Å²) < 4.78 is 23.5. The van der Waals surface area contributed by atoms with Crippen LogP contribution in [0.4, 0.5) is 4.79 Å². The van der Waals surface area contributed by atoms with Crippen molar-refractivity contribution in [2.75, 3.05) is 23.8 Å². The molecule has 0 aromatic rings. The van der Waals surface area contributed by atoms with Gasteiger partial charge in [0.15, 0.2) is 9.84 Å². The molecule has 7 heteroatoms. The summed E-state index contributed by atoms with van der Waals surface area (Å²) in [5.41, 5.74) is 0. The van der Waals surface area contributed by atoms with Gasteiger partial charge in [-0.3, -0.25) is 0 Å². The summed E-state index contributed by atoms with van der Waals surface area (Å²) in [7, 11) is -2.99. The molecule has 2 aliphatic rings. The maximum absolute atomic E-state index is 12.5. The lowest BCUT2D eigenvalue weighted by Crippen LogP contribution is -2.50. The van der Waals surface area contributed by atoms with Crippen molar-refractivity contribution in [2.45, 2.75) is 63.3 Å². The second-order valence-electron chi connectivity index (χ2n) is 6.37. The van der Waals surface area contributed by atoms with Crippen molar-refractivity contribution in [3.63, 3.8) is 0 Å². The summed E-state index contributed by atoms with van der Waals surface area (Å²) in [4.78, 5) is 14.2. The van der Waals surface area contributed by atoms with Gasteiger partial charge in [0.2, 0.25) is 0 Å². The third kappa shape index (κ3) is 5.05. The number of rotatable bonds is 3. The summed E-state index contributed by atoms with van der Waals surface area (Å²) >= 11 is 1.98. The largest absolute Gasteiger partial charge is 0.335 e. The van der Waals surface area contributed by atoms with E-state index in [2.05, 4.69) is 12.2 Å². The highest BCUT2D eigenvalue weighted by molar-refractivity contribution is 7.99. The highest BCUT2D eigenvalue weighted by Crippen LogP contribution is 2.28. The molecular weight excluding hydrogens is 320 g/mol. The molecule has 0 aromatic heterocycles. The highest BCUT2D eigenvalue weighted by atomic mass is 32.2. The van der Waals surface area contributed by atoms with Crippen molar-refractivity contribution in [2.24, 2.45) is 0 Å². The van der Waals surface area contributed by atoms with Crippen LogP contribution < -0.4 is 5.32 Å². The summed E-state index contributed by atoms with van der Waals surface area (Å²) in [6, 6.07) is 0.135. The van der Waals surface area contributed by atoms with Crippen molar-refractivity contribution in [1.29, 1.82) is 0 Å². The second-order valence-corrected chi connectivity index (χ2v) is 10.3. The first-order valence-corrected chi connectivity index (χ1v) is 11.2. The van der Waals surface area contributed by atoms with Gasteiger partial charge in [0.25, 0.3) is 0 Å². The topological polar surface area (TPSA) is 66.5 Å². The fraction of sp³-hybridized carbons (Fsp3) is 0.933. The smallest absolute Gasteiger partial charge is 0.317 e. The van der Waals surface area contributed by atoms with E-state index >= 15 is 0 Å². The molecular formula is C15H28N2O3S2. The molecule has 1 aliphatic heterocycles. The van der Waals surface area contributed by atoms with Crippen LogP contribution in [-0.4, -0.2) is 60.5 Å². The Morgan fingerprint density at radius 2 is 2.05 bits per heavy atom. The SMILES string of the molecule is CCS[C@@H]1CCC[C@H](NC(=O)N2CCS(=O)(=O)CC[C@H]2C)C1. The molecule has 3 atom stereocenters. The quantitative estimate of drug-likeness (QED) is 0.850. The predicted molar refractivity (Wildman–Crippen MR) is 92.1 cm³/mol. The van der Waals surface area contributed by atoms with Crippen LogP contribution in [0.3, 0.4) is 0 Å². The normalized spacial score (nSPS) is 32.3. The number of nitrogens with zero attached hydrogens (tertiary/aromatic N) is 1. The third-order valence-electron chi connectivity index (χ3n) is 4.64. The number of hydrogen-bond donors (Lipinski definition) is 1. The Morgan fingerprint density at radius 3 is 2.77 bits per heavy atom. The van der Waals surface area contributed by atoms with E-state index < -0.39 is 9.84 Å². The highest BCUT2D eigenvalue weighted by Gasteiger charge is 2.30. The van der Waals surface area contributed by atoms with Crippen LogP contribution in [0.25, 0.3) is 0 Å². The van der Waals surface area contributed by atoms with E-state index in [9.17, 15) is 13.2 Å². The first-order valence-electron chi connectivity index (χ1n) is 8.30. The molecule has 0 unspecified atom stereocenters. The third-order valence-corrected chi connectivity index (χ3v) is 7.53. The summed E-state index contributed by atoms with van der Waals surface area (Å²) in [6.45, 7) is 4.43. The molecule has 1 saturated carbocycles. The summed E-state index contributed by atoms with van der Waals surface area (Å²) in [5.74, 6) is 1.40. The van der Waals surface area contributed by atoms with Gasteiger partial charge in [0.05, 0.1) is 11.5 Å². The molecule has 2 fully saturated rings. The molecule has 0 bridgehead atoms. The zero-order chi connectivity index (χ0) is 16.2. The van der Waals surface area contributed by atoms with E-state index in [1.54, 1.807) is 4.90 Å². The number of thioether (sulfide) groups is 1. The molecule has 0 radical (unpaired) electrons. The summed E-state index contributed by atoms with van der Waals surface area (Å²) in [5, 5.41) is 3.79. The molecule has 1 saturated heterocycles. The fourth-order valence-electron chi connectivity index (χ4n) is 3.29. The number of amides is 2. The van der Waals surface area contributed by atoms with Crippen LogP contribution in [0.5, 0.6) is 0 Å². The van der Waals surface area contributed by atoms with E-state index in [-0.39, 0.29) is 29.6 Å². The lowest BCUT2D eigenvalue weighted by Gasteiger charge is -2.33. The van der Waals surface area contributed by atoms with Crippen molar-refractivity contribution in [3.8, 4) is 0 Å². The number of hydrogen-bond acceptors (Lipinski definition) is 4. The van der Waals surface area contributed by atoms with Crippen molar-refractivity contribution >= 4 is 27.6 Å². The van der Waals surface area contributed by atoms with Gasteiger partial charge in [-0.05, 0) is 38.4 Å². The van der Waals surface area contributed by atoms with Crippen LogP contribution in [0.2, 0.25) is 0 Å². The molecule has 2 amide bonds. The fourth-order valence-corrected chi connectivity index (χ4v) is 5.84. The van der Waals surface area contributed by atoms with E-state index in [4.69, 9.17) is 0 Å². The monoisotopic (exact) mass is 348 g/mol. The van der Waals surface area contributed by atoms with Gasteiger partial charge in [0.1, 0.15) is 0 Å². The minimum Gasteiger partial charge on any atom is -0.335 e. The summed E-state index contributed by atoms with van der Waals surface area (Å²) in [6.07, 6.45) is 5.00. The van der Waals surface area contributed by atoms with Crippen molar-refractivity contribution < 1.29 is 13.2 Å². The maximum Gasteiger partial charge on any atom is 0.317 e. The average Bonchev–Trinajstić information content (AvgIpc) is 2.59. The average molecular weight is 349 g/mol. The van der Waals surface area contributed by atoms with Gasteiger partial charge >= 0.3 is 6.03 Å². The van der Waals surface area contributed by atoms with Crippen LogP contribution in [-0.2, 0) is 9.84 Å². The molecule has 1 heterocycles. The van der Waals surface area contributed by atoms with Crippen LogP contribution in [0.1, 0.15) is 46.0 Å². The number of carbonyl (C=O) groups excluding carboxylic acids is 1. The Morgan fingerprint density at radius 1 is 1.27 bits per heavy atom. The molecule has 1 N–H and O–H groups in total. The van der Waals surface area contributed by atoms with Crippen LogP contribution >= 0.6 is 11.8 Å². The molecule has 1 aliphatic carbocycles. The Balaban J connectivity index is 1.90. The van der Waals surface area contributed by atoms with E-state index in [0.717, 1.165) is 25.0 Å². The number of carbonyl (C=O) groups is 1. The zero-order valence-electron chi connectivity index (χ0n) is 13.6. The Bertz CT molecular complexity index is 479. The number of urea groups is 1. The van der Waals surface area contributed by atoms with Crippen molar-refractivity contribution in [3.05, 3.63) is 0 Å². The standard InChI is InChI=1S/C15H28N2O3S2/c1-3-21-14-6-4-5-13(11-14)16-15(18)17-8-10-22(19,20)9-7-12(17)2/h12-14H,3-11H2,1-2H3,(H,16,18)/t12-,13+,14-/m1/s1. The van der Waals surface area contributed by atoms with Gasteiger partial charge in [-0.15, -0.1) is 0 Å². The van der Waals surface area contributed by atoms with Crippen LogP contribution in [0, 0.1) is 0 Å². The molecule has 0 spiro atoms. The van der Waals surface area contributed by atoms with Gasteiger partial charge in [-0.2, -0.15) is 11.8 Å². The van der Waals surface area contributed by atoms with Crippen molar-refractivity contribution in [1.82, 2.24) is 10.2 Å².